The summed E-state index contributed by atoms with van der Waals surface area (Å²) in [7, 11) is 4.00. The Morgan fingerprint density at radius 2 is 1.86 bits per heavy atom. The highest BCUT2D eigenvalue weighted by Gasteiger charge is 2.24. The number of nitrogens with zero attached hydrogens (tertiary/aromatic N) is 7. The van der Waals surface area contributed by atoms with Crippen LogP contribution in [0.2, 0.25) is 0 Å². The monoisotopic (exact) mass is 488 g/mol. The zero-order valence-corrected chi connectivity index (χ0v) is 22.2. The minimum Gasteiger partial charge on any atom is -0.353 e. The minimum atomic E-state index is 0.235. The molecule has 1 N–H and O–H groups in total. The van der Waals surface area contributed by atoms with Crippen LogP contribution in [0.1, 0.15) is 42.9 Å². The third-order valence-electron chi connectivity index (χ3n) is 7.37. The highest BCUT2D eigenvalue weighted by molar-refractivity contribution is 5.90. The quantitative estimate of drug-likeness (QED) is 0.446. The van der Waals surface area contributed by atoms with E-state index in [-0.39, 0.29) is 11.8 Å². The van der Waals surface area contributed by atoms with Crippen molar-refractivity contribution in [2.75, 3.05) is 51.7 Å². The van der Waals surface area contributed by atoms with Gasteiger partial charge in [-0.3, -0.25) is 4.79 Å². The Labute approximate surface area is 212 Å². The predicted molar refractivity (Wildman–Crippen MR) is 144 cm³/mol. The van der Waals surface area contributed by atoms with E-state index in [0.29, 0.717) is 6.42 Å². The van der Waals surface area contributed by atoms with Crippen molar-refractivity contribution in [1.82, 2.24) is 34.4 Å². The average molecular weight is 489 g/mol. The summed E-state index contributed by atoms with van der Waals surface area (Å²) in [6.07, 6.45) is 4.23. The molecule has 4 aromatic heterocycles. The molecule has 0 atom stereocenters. The van der Waals surface area contributed by atoms with Gasteiger partial charge in [-0.15, -0.1) is 0 Å². The highest BCUT2D eigenvalue weighted by atomic mass is 16.2. The normalized spacial score (nSPS) is 14.7. The molecule has 1 amide bonds. The lowest BCUT2D eigenvalue weighted by atomic mass is 9.95. The van der Waals surface area contributed by atoms with Gasteiger partial charge >= 0.3 is 0 Å². The summed E-state index contributed by atoms with van der Waals surface area (Å²) in [6.45, 7) is 12.5. The van der Waals surface area contributed by atoms with Crippen LogP contribution >= 0.6 is 0 Å². The fourth-order valence-electron chi connectivity index (χ4n) is 5.14. The van der Waals surface area contributed by atoms with Crippen molar-refractivity contribution in [3.8, 4) is 11.3 Å². The molecule has 0 aromatic carbocycles. The SMILES string of the molecule is Cc1c(-c2[nH]c3ccc(N4CCN(C(=O)CCN(C)C)CC4)nc3c2C(C)C)cn2ncnc2c1C. The molecule has 36 heavy (non-hydrogen) atoms. The average Bonchev–Trinajstić information content (AvgIpc) is 3.49. The second-order valence-corrected chi connectivity index (χ2v) is 10.4. The van der Waals surface area contributed by atoms with Crippen molar-refractivity contribution in [3.05, 3.63) is 41.3 Å². The number of pyridine rings is 2. The molecule has 1 saturated heterocycles. The smallest absolute Gasteiger partial charge is 0.223 e. The topological polar surface area (TPSA) is 85.7 Å². The van der Waals surface area contributed by atoms with Gasteiger partial charge in [0.15, 0.2) is 5.65 Å². The summed E-state index contributed by atoms with van der Waals surface area (Å²) in [4.78, 5) is 32.1. The van der Waals surface area contributed by atoms with Crippen LogP contribution < -0.4 is 4.90 Å². The first-order valence-electron chi connectivity index (χ1n) is 12.7. The zero-order chi connectivity index (χ0) is 25.6. The molecule has 0 bridgehead atoms. The third kappa shape index (κ3) is 4.32. The molecule has 5 heterocycles. The van der Waals surface area contributed by atoms with E-state index in [9.17, 15) is 4.79 Å². The van der Waals surface area contributed by atoms with Crippen LogP contribution in [0.4, 0.5) is 5.82 Å². The molecule has 0 radical (unpaired) electrons. The van der Waals surface area contributed by atoms with E-state index in [4.69, 9.17) is 4.98 Å². The minimum absolute atomic E-state index is 0.235. The van der Waals surface area contributed by atoms with Gasteiger partial charge in [0.25, 0.3) is 0 Å². The van der Waals surface area contributed by atoms with Crippen molar-refractivity contribution in [3.63, 3.8) is 0 Å². The second-order valence-electron chi connectivity index (χ2n) is 10.4. The largest absolute Gasteiger partial charge is 0.353 e. The molecule has 1 aliphatic heterocycles. The molecule has 1 aliphatic rings. The zero-order valence-electron chi connectivity index (χ0n) is 22.2. The molecule has 190 valence electrons. The van der Waals surface area contributed by atoms with E-state index >= 15 is 0 Å². The molecule has 5 rings (SSSR count). The van der Waals surface area contributed by atoms with Crippen molar-refractivity contribution < 1.29 is 4.79 Å². The third-order valence-corrected chi connectivity index (χ3v) is 7.37. The van der Waals surface area contributed by atoms with Gasteiger partial charge in [0, 0.05) is 56.5 Å². The fraction of sp³-hybridized carbons (Fsp3) is 0.481. The molecule has 4 aromatic rings. The number of H-pyrrole nitrogens is 1. The summed E-state index contributed by atoms with van der Waals surface area (Å²) < 4.78 is 1.85. The molecule has 0 unspecified atom stereocenters. The Morgan fingerprint density at radius 3 is 2.56 bits per heavy atom. The number of aromatic nitrogens is 5. The molecule has 1 fully saturated rings. The van der Waals surface area contributed by atoms with Crippen molar-refractivity contribution in [2.24, 2.45) is 0 Å². The number of hydrogen-bond acceptors (Lipinski definition) is 6. The van der Waals surface area contributed by atoms with Crippen molar-refractivity contribution >= 4 is 28.4 Å². The Bertz CT molecular complexity index is 1410. The fourth-order valence-corrected chi connectivity index (χ4v) is 5.14. The molecular weight excluding hydrogens is 452 g/mol. The first-order valence-corrected chi connectivity index (χ1v) is 12.7. The maximum atomic E-state index is 12.5. The van der Waals surface area contributed by atoms with Gasteiger partial charge in [-0.05, 0) is 57.1 Å². The second kappa shape index (κ2) is 9.54. The molecule has 9 heteroatoms. The predicted octanol–water partition coefficient (Wildman–Crippen LogP) is 3.61. The maximum absolute atomic E-state index is 12.5. The van der Waals surface area contributed by atoms with E-state index < -0.39 is 0 Å². The summed E-state index contributed by atoms with van der Waals surface area (Å²) in [5.41, 5.74) is 8.69. The molecule has 0 aliphatic carbocycles. The van der Waals surface area contributed by atoms with Gasteiger partial charge < -0.3 is 19.7 Å². The Kier molecular flexibility index (Phi) is 6.42. The summed E-state index contributed by atoms with van der Waals surface area (Å²) in [5, 5.41) is 4.39. The number of aromatic amines is 1. The standard InChI is InChI=1S/C27H36N8O/c1-17(2)24-25(20-15-35-27(28-16-29-35)19(4)18(20)3)30-21-7-8-22(31-26(21)24)33-11-13-34(14-12-33)23(36)9-10-32(5)6/h7-8,15-17,30H,9-14H2,1-6H3. The Balaban J connectivity index is 1.45. The van der Waals surface area contributed by atoms with E-state index in [1.54, 1.807) is 6.33 Å². The van der Waals surface area contributed by atoms with Gasteiger partial charge in [0.05, 0.1) is 16.7 Å². The number of fused-ring (bicyclic) bond motifs is 2. The number of aryl methyl sites for hydroxylation is 1. The van der Waals surface area contributed by atoms with E-state index in [1.807, 2.05) is 23.5 Å². The lowest BCUT2D eigenvalue weighted by Crippen LogP contribution is -2.49. The first kappa shape index (κ1) is 24.2. The number of rotatable bonds is 6. The van der Waals surface area contributed by atoms with Crippen molar-refractivity contribution in [1.29, 1.82) is 0 Å². The number of amides is 1. The summed E-state index contributed by atoms with van der Waals surface area (Å²) >= 11 is 0. The van der Waals surface area contributed by atoms with E-state index in [2.05, 4.69) is 70.9 Å². The lowest BCUT2D eigenvalue weighted by Gasteiger charge is -2.35. The summed E-state index contributed by atoms with van der Waals surface area (Å²) in [6, 6.07) is 4.23. The number of carbonyl (C=O) groups is 1. The number of piperazine rings is 1. The van der Waals surface area contributed by atoms with Gasteiger partial charge in [0.2, 0.25) is 5.91 Å². The van der Waals surface area contributed by atoms with Gasteiger partial charge in [-0.25, -0.2) is 14.5 Å². The van der Waals surface area contributed by atoms with E-state index in [1.165, 1.54) is 11.1 Å². The Hall–Kier alpha value is -3.46. The molecular formula is C27H36N8O. The molecule has 9 nitrogen and oxygen atoms in total. The first-order chi connectivity index (χ1) is 17.2. The van der Waals surface area contributed by atoms with Crippen LogP contribution in [-0.2, 0) is 4.79 Å². The van der Waals surface area contributed by atoms with Crippen LogP contribution in [-0.4, -0.2) is 87.1 Å². The van der Waals surface area contributed by atoms with Crippen LogP contribution in [0, 0.1) is 13.8 Å². The summed E-state index contributed by atoms with van der Waals surface area (Å²) in [5.74, 6) is 1.49. The van der Waals surface area contributed by atoms with Gasteiger partial charge in [0.1, 0.15) is 12.1 Å². The number of carbonyl (C=O) groups excluding carboxylic acids is 1. The van der Waals surface area contributed by atoms with Gasteiger partial charge in [-0.1, -0.05) is 13.8 Å². The van der Waals surface area contributed by atoms with E-state index in [0.717, 1.165) is 72.0 Å². The number of anilines is 1. The molecule has 0 spiro atoms. The van der Waals surface area contributed by atoms with Gasteiger partial charge in [-0.2, -0.15) is 5.10 Å². The number of nitrogens with one attached hydrogen (secondary N) is 1. The molecule has 0 saturated carbocycles. The van der Waals surface area contributed by atoms with Crippen LogP contribution in [0.15, 0.2) is 24.7 Å². The van der Waals surface area contributed by atoms with Crippen LogP contribution in [0.25, 0.3) is 27.9 Å². The highest BCUT2D eigenvalue weighted by Crippen LogP contribution is 2.38. The maximum Gasteiger partial charge on any atom is 0.223 e. The lowest BCUT2D eigenvalue weighted by molar-refractivity contribution is -0.131. The van der Waals surface area contributed by atoms with Crippen molar-refractivity contribution in [2.45, 2.75) is 40.0 Å². The van der Waals surface area contributed by atoms with Crippen LogP contribution in [0.3, 0.4) is 0 Å². The van der Waals surface area contributed by atoms with Crippen LogP contribution in [0.5, 0.6) is 0 Å². The number of hydrogen-bond donors (Lipinski definition) is 1. The Morgan fingerprint density at radius 1 is 1.11 bits per heavy atom.